The predicted octanol–water partition coefficient (Wildman–Crippen LogP) is 1.52. The van der Waals surface area contributed by atoms with Gasteiger partial charge in [0.15, 0.2) is 0 Å². The smallest absolute Gasteiger partial charge is 0.256 e. The van der Waals surface area contributed by atoms with Gasteiger partial charge in [-0.3, -0.25) is 0 Å². The standard InChI is InChI=1S/C8H14N4O/c9-8-6-12(11-13-8)10-7-4-2-1-3-5-7/h6-7,9H,1-5H2,(H,10,11). The SMILES string of the molecule is [NH-]c1c[n+](NC2CCCCC2)no1. The van der Waals surface area contributed by atoms with E-state index in [0.717, 1.165) is 0 Å². The Morgan fingerprint density at radius 3 is 2.85 bits per heavy atom. The monoisotopic (exact) mass is 182 g/mol. The van der Waals surface area contributed by atoms with Crippen LogP contribution < -0.4 is 10.2 Å². The van der Waals surface area contributed by atoms with Gasteiger partial charge in [-0.25, -0.2) is 0 Å². The van der Waals surface area contributed by atoms with Gasteiger partial charge in [0.1, 0.15) is 5.88 Å². The minimum atomic E-state index is 0.0864. The van der Waals surface area contributed by atoms with Gasteiger partial charge in [-0.15, -0.1) is 0 Å². The van der Waals surface area contributed by atoms with E-state index in [4.69, 9.17) is 5.73 Å². The molecule has 2 N–H and O–H groups in total. The minimum absolute atomic E-state index is 0.0864. The van der Waals surface area contributed by atoms with Crippen LogP contribution in [0.3, 0.4) is 0 Å². The summed E-state index contributed by atoms with van der Waals surface area (Å²) in [6.45, 7) is 0. The number of nitrogens with zero attached hydrogens (tertiary/aromatic N) is 2. The highest BCUT2D eigenvalue weighted by Gasteiger charge is 2.17. The molecule has 0 radical (unpaired) electrons. The van der Waals surface area contributed by atoms with Crippen molar-refractivity contribution in [3.8, 4) is 0 Å². The molecule has 0 atom stereocenters. The Bertz CT molecular complexity index is 267. The molecule has 0 spiro atoms. The Balaban J connectivity index is 1.89. The van der Waals surface area contributed by atoms with E-state index in [2.05, 4.69) is 15.2 Å². The van der Waals surface area contributed by atoms with Crippen molar-refractivity contribution in [2.24, 2.45) is 0 Å². The lowest BCUT2D eigenvalue weighted by molar-refractivity contribution is -0.722. The number of hydrogen-bond acceptors (Lipinski definition) is 3. The molecule has 0 bridgehead atoms. The van der Waals surface area contributed by atoms with Crippen LogP contribution in [0, 0.1) is 0 Å². The van der Waals surface area contributed by atoms with Crippen LogP contribution in [0.1, 0.15) is 32.1 Å². The maximum absolute atomic E-state index is 7.14. The van der Waals surface area contributed by atoms with Crippen molar-refractivity contribution >= 4 is 5.88 Å². The number of hydrogen-bond donors (Lipinski definition) is 1. The Morgan fingerprint density at radius 2 is 2.23 bits per heavy atom. The molecule has 1 aliphatic carbocycles. The van der Waals surface area contributed by atoms with Crippen molar-refractivity contribution < 1.29 is 9.31 Å². The van der Waals surface area contributed by atoms with Gasteiger partial charge in [0.25, 0.3) is 6.20 Å². The summed E-state index contributed by atoms with van der Waals surface area (Å²) in [7, 11) is 0. The molecular formula is C8H14N4O. The fourth-order valence-electron chi connectivity index (χ4n) is 1.73. The molecule has 1 aromatic rings. The van der Waals surface area contributed by atoms with Gasteiger partial charge in [0.2, 0.25) is 5.27 Å². The van der Waals surface area contributed by atoms with Crippen LogP contribution in [0.4, 0.5) is 5.88 Å². The number of nitrogens with one attached hydrogen (secondary N) is 2. The summed E-state index contributed by atoms with van der Waals surface area (Å²) in [6, 6.07) is 0.489. The zero-order chi connectivity index (χ0) is 9.10. The minimum Gasteiger partial charge on any atom is -0.660 e. The molecular weight excluding hydrogens is 168 g/mol. The quantitative estimate of drug-likeness (QED) is 0.705. The predicted molar refractivity (Wildman–Crippen MR) is 46.9 cm³/mol. The summed E-state index contributed by atoms with van der Waals surface area (Å²) in [5.41, 5.74) is 10.3. The largest absolute Gasteiger partial charge is 0.660 e. The van der Waals surface area contributed by atoms with Gasteiger partial charge < -0.3 is 10.3 Å². The number of rotatable bonds is 2. The molecule has 1 saturated carbocycles. The van der Waals surface area contributed by atoms with Crippen LogP contribution in [0.15, 0.2) is 10.7 Å². The van der Waals surface area contributed by atoms with E-state index in [1.165, 1.54) is 43.1 Å². The second-order valence-corrected chi connectivity index (χ2v) is 3.47. The summed E-state index contributed by atoms with van der Waals surface area (Å²) in [5, 5.41) is 3.65. The van der Waals surface area contributed by atoms with E-state index < -0.39 is 0 Å². The number of aromatic nitrogens is 2. The Hall–Kier alpha value is -1.26. The van der Waals surface area contributed by atoms with Crippen LogP contribution in [-0.2, 0) is 0 Å². The molecule has 1 aromatic heterocycles. The van der Waals surface area contributed by atoms with Gasteiger partial charge in [-0.05, 0) is 12.8 Å². The van der Waals surface area contributed by atoms with Crippen LogP contribution >= 0.6 is 0 Å². The van der Waals surface area contributed by atoms with Gasteiger partial charge in [-0.2, -0.15) is 5.43 Å². The van der Waals surface area contributed by atoms with Crippen LogP contribution in [0.5, 0.6) is 0 Å². The molecule has 0 aromatic carbocycles. The zero-order valence-corrected chi connectivity index (χ0v) is 7.49. The van der Waals surface area contributed by atoms with Gasteiger partial charge in [0.05, 0.1) is 10.8 Å². The summed E-state index contributed by atoms with van der Waals surface area (Å²) in [4.78, 5) is 1.50. The van der Waals surface area contributed by atoms with Crippen molar-refractivity contribution in [3.05, 3.63) is 11.9 Å². The lowest BCUT2D eigenvalue weighted by Crippen LogP contribution is -2.51. The maximum Gasteiger partial charge on any atom is 0.256 e. The molecule has 1 heterocycles. The summed E-state index contributed by atoms with van der Waals surface area (Å²) >= 11 is 0. The summed E-state index contributed by atoms with van der Waals surface area (Å²) < 4.78 is 4.62. The van der Waals surface area contributed by atoms with Crippen LogP contribution in [0.2, 0.25) is 0 Å². The van der Waals surface area contributed by atoms with E-state index in [0.29, 0.717) is 6.04 Å². The first-order valence-corrected chi connectivity index (χ1v) is 4.71. The fraction of sp³-hybridized carbons (Fsp3) is 0.750. The Morgan fingerprint density at radius 1 is 1.46 bits per heavy atom. The molecule has 72 valence electrons. The molecule has 2 rings (SSSR count). The molecule has 1 fully saturated rings. The third-order valence-corrected chi connectivity index (χ3v) is 2.39. The first-order chi connectivity index (χ1) is 6.34. The second-order valence-electron chi connectivity index (χ2n) is 3.47. The van der Waals surface area contributed by atoms with E-state index >= 15 is 0 Å². The molecule has 5 heteroatoms. The normalized spacial score (nSPS) is 18.8. The average molecular weight is 182 g/mol. The molecule has 13 heavy (non-hydrogen) atoms. The van der Waals surface area contributed by atoms with E-state index in [1.807, 2.05) is 0 Å². The topological polar surface area (TPSA) is 65.7 Å². The highest BCUT2D eigenvalue weighted by Crippen LogP contribution is 2.17. The summed E-state index contributed by atoms with van der Waals surface area (Å²) in [5.74, 6) is 0.0864. The second kappa shape index (κ2) is 3.64. The molecule has 5 nitrogen and oxygen atoms in total. The van der Waals surface area contributed by atoms with Crippen LogP contribution in [-0.4, -0.2) is 11.3 Å². The lowest BCUT2D eigenvalue weighted by atomic mass is 9.96. The van der Waals surface area contributed by atoms with E-state index in [9.17, 15) is 0 Å². The van der Waals surface area contributed by atoms with Crippen molar-refractivity contribution in [1.29, 1.82) is 0 Å². The first-order valence-electron chi connectivity index (χ1n) is 4.71. The average Bonchev–Trinajstić information content (AvgIpc) is 2.53. The van der Waals surface area contributed by atoms with E-state index in [1.54, 1.807) is 0 Å². The van der Waals surface area contributed by atoms with Gasteiger partial charge >= 0.3 is 0 Å². The highest BCUT2D eigenvalue weighted by molar-refractivity contribution is 5.19. The van der Waals surface area contributed by atoms with Crippen molar-refractivity contribution in [2.75, 3.05) is 5.43 Å². The maximum atomic E-state index is 7.14. The zero-order valence-electron chi connectivity index (χ0n) is 7.49. The molecule has 0 saturated heterocycles. The third-order valence-electron chi connectivity index (χ3n) is 2.39. The highest BCUT2D eigenvalue weighted by atomic mass is 16.5. The Labute approximate surface area is 76.8 Å². The molecule has 0 amide bonds. The first kappa shape index (κ1) is 8.34. The van der Waals surface area contributed by atoms with Gasteiger partial charge in [-0.1, -0.05) is 19.3 Å². The fourth-order valence-corrected chi connectivity index (χ4v) is 1.73. The van der Waals surface area contributed by atoms with Crippen LogP contribution in [0.25, 0.3) is 5.73 Å². The van der Waals surface area contributed by atoms with E-state index in [-0.39, 0.29) is 5.88 Å². The van der Waals surface area contributed by atoms with Crippen molar-refractivity contribution in [1.82, 2.24) is 5.27 Å². The molecule has 0 unspecified atom stereocenters. The van der Waals surface area contributed by atoms with Crippen molar-refractivity contribution in [3.63, 3.8) is 0 Å². The molecule has 0 aliphatic heterocycles. The summed E-state index contributed by atoms with van der Waals surface area (Å²) in [6.07, 6.45) is 7.81. The lowest BCUT2D eigenvalue weighted by Gasteiger charge is -2.17. The van der Waals surface area contributed by atoms with Gasteiger partial charge in [0, 0.05) is 0 Å². The third kappa shape index (κ3) is 2.11. The molecule has 1 aliphatic rings. The Kier molecular flexibility index (Phi) is 2.33. The van der Waals surface area contributed by atoms with Crippen molar-refractivity contribution in [2.45, 2.75) is 38.1 Å².